The van der Waals surface area contributed by atoms with Crippen LogP contribution in [0.3, 0.4) is 0 Å². The Bertz CT molecular complexity index is 645. The zero-order valence-corrected chi connectivity index (χ0v) is 23.4. The second-order valence-corrected chi connectivity index (χ2v) is 11.6. The molecule has 2 aliphatic carbocycles. The quantitative estimate of drug-likeness (QED) is 0.163. The van der Waals surface area contributed by atoms with Gasteiger partial charge in [0.1, 0.15) is 48.8 Å². The Morgan fingerprint density at radius 3 is 1.25 bits per heavy atom. The molecule has 4 rings (SSSR count). The van der Waals surface area contributed by atoms with Gasteiger partial charge in [-0.3, -0.25) is 0 Å². The number of unbranched alkanes of at least 4 members (excludes halogenated alkanes) is 1. The fourth-order valence-electron chi connectivity index (χ4n) is 6.11. The molecule has 2 heterocycles. The van der Waals surface area contributed by atoms with E-state index in [2.05, 4.69) is 0 Å². The molecule has 12 heteroatoms. The Morgan fingerprint density at radius 1 is 0.525 bits per heavy atom. The van der Waals surface area contributed by atoms with Gasteiger partial charge in [-0.1, -0.05) is 38.5 Å². The molecule has 4 fully saturated rings. The molecule has 0 bridgehead atoms. The molecule has 0 aromatic rings. The number of aliphatic hydroxyl groups is 6. The van der Waals surface area contributed by atoms with Crippen LogP contribution < -0.4 is 0 Å². The van der Waals surface area contributed by atoms with Gasteiger partial charge in [0.25, 0.3) is 0 Å². The van der Waals surface area contributed by atoms with E-state index in [4.69, 9.17) is 28.4 Å². The van der Waals surface area contributed by atoms with Crippen LogP contribution in [-0.4, -0.2) is 131 Å². The van der Waals surface area contributed by atoms with Gasteiger partial charge in [-0.25, -0.2) is 0 Å². The molecule has 2 saturated heterocycles. The number of ether oxygens (including phenoxy) is 6. The van der Waals surface area contributed by atoms with E-state index < -0.39 is 74.6 Å². The first-order valence-corrected chi connectivity index (χ1v) is 15.2. The zero-order chi connectivity index (χ0) is 28.5. The van der Waals surface area contributed by atoms with Crippen molar-refractivity contribution in [2.24, 2.45) is 0 Å². The largest absolute Gasteiger partial charge is 0.394 e. The fourth-order valence-corrected chi connectivity index (χ4v) is 6.11. The smallest absolute Gasteiger partial charge is 0.187 e. The van der Waals surface area contributed by atoms with Crippen molar-refractivity contribution in [2.45, 2.75) is 151 Å². The van der Waals surface area contributed by atoms with Gasteiger partial charge in [0.15, 0.2) is 12.6 Å². The number of rotatable bonds is 13. The van der Waals surface area contributed by atoms with Crippen molar-refractivity contribution >= 4 is 0 Å². The third kappa shape index (κ3) is 8.55. The normalized spacial score (nSPS) is 40.4. The summed E-state index contributed by atoms with van der Waals surface area (Å²) in [6, 6.07) is 0. The minimum atomic E-state index is -1.30. The van der Waals surface area contributed by atoms with Crippen molar-refractivity contribution in [3.05, 3.63) is 0 Å². The van der Waals surface area contributed by atoms with E-state index in [-0.39, 0.29) is 25.4 Å². The molecule has 0 aromatic heterocycles. The van der Waals surface area contributed by atoms with E-state index in [1.807, 2.05) is 0 Å². The second kappa shape index (κ2) is 16.4. The standard InChI is InChI=1S/C28H50O12/c29-15-19-21(31)23(33)25(27(39-19)37-17-9-3-1-4-10-17)35-13-7-8-14-36-26-24(34)22(32)20(16-30)40-28(26)38-18-11-5-2-6-12-18/h17-34H,1-16H2/t19-,20-,21-,22-,23+,24+,25+,26+,27+,28+/m1/s1. The molecule has 6 N–H and O–H groups in total. The minimum absolute atomic E-state index is 0.0197. The Hall–Kier alpha value is -0.480. The summed E-state index contributed by atoms with van der Waals surface area (Å²) in [4.78, 5) is 0. The van der Waals surface area contributed by atoms with Crippen molar-refractivity contribution < 1.29 is 59.1 Å². The SMILES string of the molecule is OC[C@H]1O[C@H](OC2CCCCC2)[C@@H](OCCCCO[C@@H]2[C@@H](OC3CCCCC3)O[C@H](CO)[C@@H](O)[C@@H]2O)[C@@H](O)[C@@H]1O. The molecule has 2 aliphatic heterocycles. The van der Waals surface area contributed by atoms with Gasteiger partial charge in [0.2, 0.25) is 0 Å². The first-order valence-electron chi connectivity index (χ1n) is 15.2. The molecule has 0 spiro atoms. The lowest BCUT2D eigenvalue weighted by Gasteiger charge is -2.43. The molecular formula is C28H50O12. The van der Waals surface area contributed by atoms with E-state index in [1.54, 1.807) is 0 Å². The fraction of sp³-hybridized carbons (Fsp3) is 1.00. The van der Waals surface area contributed by atoms with Gasteiger partial charge in [0.05, 0.1) is 25.4 Å². The van der Waals surface area contributed by atoms with Crippen LogP contribution in [0, 0.1) is 0 Å². The van der Waals surface area contributed by atoms with Crippen molar-refractivity contribution in [3.63, 3.8) is 0 Å². The Balaban J connectivity index is 1.25. The molecule has 40 heavy (non-hydrogen) atoms. The van der Waals surface area contributed by atoms with Gasteiger partial charge in [-0.05, 0) is 38.5 Å². The maximum Gasteiger partial charge on any atom is 0.187 e. The summed E-state index contributed by atoms with van der Waals surface area (Å²) in [5, 5.41) is 61.3. The van der Waals surface area contributed by atoms with E-state index in [0.717, 1.165) is 64.2 Å². The maximum atomic E-state index is 10.7. The molecule has 2 saturated carbocycles. The Morgan fingerprint density at radius 2 is 0.900 bits per heavy atom. The summed E-state index contributed by atoms with van der Waals surface area (Å²) in [5.74, 6) is 0. The van der Waals surface area contributed by atoms with Crippen LogP contribution in [0.2, 0.25) is 0 Å². The summed E-state index contributed by atoms with van der Waals surface area (Å²) in [6.07, 6.45) is 0.486. The number of aliphatic hydroxyl groups excluding tert-OH is 6. The summed E-state index contributed by atoms with van der Waals surface area (Å²) >= 11 is 0. The molecule has 0 amide bonds. The van der Waals surface area contributed by atoms with Crippen LogP contribution in [0.1, 0.15) is 77.0 Å². The van der Waals surface area contributed by atoms with Crippen LogP contribution in [-0.2, 0) is 28.4 Å². The van der Waals surface area contributed by atoms with Crippen molar-refractivity contribution in [1.29, 1.82) is 0 Å². The third-order valence-electron chi connectivity index (χ3n) is 8.57. The third-order valence-corrected chi connectivity index (χ3v) is 8.57. The van der Waals surface area contributed by atoms with Crippen LogP contribution >= 0.6 is 0 Å². The van der Waals surface area contributed by atoms with E-state index >= 15 is 0 Å². The van der Waals surface area contributed by atoms with Gasteiger partial charge in [0, 0.05) is 13.2 Å². The maximum absolute atomic E-state index is 10.7. The van der Waals surface area contributed by atoms with E-state index in [1.165, 1.54) is 0 Å². The predicted molar refractivity (Wildman–Crippen MR) is 140 cm³/mol. The Labute approximate surface area is 236 Å². The molecule has 4 aliphatic rings. The van der Waals surface area contributed by atoms with Crippen LogP contribution in [0.25, 0.3) is 0 Å². The lowest BCUT2D eigenvalue weighted by Crippen LogP contribution is -2.60. The highest BCUT2D eigenvalue weighted by molar-refractivity contribution is 4.92. The first-order chi connectivity index (χ1) is 19.4. The summed E-state index contributed by atoms with van der Waals surface area (Å²) in [6.45, 7) is -0.418. The Kier molecular flexibility index (Phi) is 13.3. The average Bonchev–Trinajstić information content (AvgIpc) is 2.98. The molecule has 0 unspecified atom stereocenters. The first kappa shape index (κ1) is 32.4. The minimum Gasteiger partial charge on any atom is -0.394 e. The lowest BCUT2D eigenvalue weighted by atomic mass is 9.96. The molecular weight excluding hydrogens is 528 g/mol. The van der Waals surface area contributed by atoms with Crippen LogP contribution in [0.5, 0.6) is 0 Å². The monoisotopic (exact) mass is 578 g/mol. The molecule has 0 radical (unpaired) electrons. The van der Waals surface area contributed by atoms with Gasteiger partial charge in [-0.2, -0.15) is 0 Å². The topological polar surface area (TPSA) is 177 Å². The van der Waals surface area contributed by atoms with E-state index in [0.29, 0.717) is 12.8 Å². The molecule has 234 valence electrons. The highest BCUT2D eigenvalue weighted by Crippen LogP contribution is 2.31. The van der Waals surface area contributed by atoms with Gasteiger partial charge in [-0.15, -0.1) is 0 Å². The number of hydrogen-bond donors (Lipinski definition) is 6. The average molecular weight is 579 g/mol. The highest BCUT2D eigenvalue weighted by Gasteiger charge is 2.47. The van der Waals surface area contributed by atoms with Crippen LogP contribution in [0.4, 0.5) is 0 Å². The van der Waals surface area contributed by atoms with Crippen molar-refractivity contribution in [1.82, 2.24) is 0 Å². The van der Waals surface area contributed by atoms with E-state index in [9.17, 15) is 30.6 Å². The van der Waals surface area contributed by atoms with Crippen LogP contribution in [0.15, 0.2) is 0 Å². The highest BCUT2D eigenvalue weighted by atomic mass is 16.7. The molecule has 0 aromatic carbocycles. The molecule has 12 nitrogen and oxygen atoms in total. The van der Waals surface area contributed by atoms with Gasteiger partial charge >= 0.3 is 0 Å². The van der Waals surface area contributed by atoms with Gasteiger partial charge < -0.3 is 59.1 Å². The second-order valence-electron chi connectivity index (χ2n) is 11.6. The molecule has 10 atom stereocenters. The van der Waals surface area contributed by atoms with Crippen molar-refractivity contribution in [3.8, 4) is 0 Å². The summed E-state index contributed by atoms with van der Waals surface area (Å²) < 4.78 is 35.6. The summed E-state index contributed by atoms with van der Waals surface area (Å²) in [7, 11) is 0. The lowest BCUT2D eigenvalue weighted by molar-refractivity contribution is -0.322. The zero-order valence-electron chi connectivity index (χ0n) is 23.4. The number of hydrogen-bond acceptors (Lipinski definition) is 12. The summed E-state index contributed by atoms with van der Waals surface area (Å²) in [5.41, 5.74) is 0. The van der Waals surface area contributed by atoms with Crippen molar-refractivity contribution in [2.75, 3.05) is 26.4 Å². The predicted octanol–water partition coefficient (Wildman–Crippen LogP) is 0.114.